The summed E-state index contributed by atoms with van der Waals surface area (Å²) in [6.07, 6.45) is 6.27. The molecule has 2 aliphatic heterocycles. The van der Waals surface area contributed by atoms with Crippen molar-refractivity contribution in [2.24, 2.45) is 0 Å². The van der Waals surface area contributed by atoms with Crippen LogP contribution in [0.3, 0.4) is 0 Å². The van der Waals surface area contributed by atoms with Gasteiger partial charge in [0.1, 0.15) is 5.82 Å². The van der Waals surface area contributed by atoms with Crippen LogP contribution in [0.15, 0.2) is 17.2 Å². The molecule has 1 aliphatic carbocycles. The summed E-state index contributed by atoms with van der Waals surface area (Å²) in [5.41, 5.74) is 1.48. The highest BCUT2D eigenvalue weighted by atomic mass is 32.2. The number of aromatic nitrogens is 1. The van der Waals surface area contributed by atoms with E-state index in [4.69, 9.17) is 4.98 Å². The smallest absolute Gasteiger partial charge is 0.142 e. The first-order valence-electron chi connectivity index (χ1n) is 8.36. The van der Waals surface area contributed by atoms with Crippen LogP contribution >= 0.6 is 11.8 Å². The molecule has 4 rings (SSSR count). The average Bonchev–Trinajstić information content (AvgIpc) is 2.44. The lowest BCUT2D eigenvalue weighted by molar-refractivity contribution is 0.185. The van der Waals surface area contributed by atoms with Gasteiger partial charge in [0.15, 0.2) is 0 Å². The molecule has 21 heavy (non-hydrogen) atoms. The van der Waals surface area contributed by atoms with Gasteiger partial charge in [-0.05, 0) is 44.2 Å². The van der Waals surface area contributed by atoms with E-state index in [9.17, 15) is 0 Å². The molecule has 3 aliphatic rings. The van der Waals surface area contributed by atoms with E-state index in [0.29, 0.717) is 12.1 Å². The normalized spacial score (nSPS) is 26.4. The van der Waals surface area contributed by atoms with Crippen molar-refractivity contribution in [1.82, 2.24) is 9.88 Å². The zero-order valence-electron chi connectivity index (χ0n) is 13.1. The van der Waals surface area contributed by atoms with E-state index in [-0.39, 0.29) is 0 Å². The number of anilines is 1. The molecule has 1 aromatic rings. The maximum atomic E-state index is 4.86. The Labute approximate surface area is 132 Å². The molecule has 0 spiro atoms. The minimum Gasteiger partial charge on any atom is -0.349 e. The molecule has 1 saturated carbocycles. The lowest BCUT2D eigenvalue weighted by atomic mass is 9.81. The third kappa shape index (κ3) is 2.46. The Kier molecular flexibility index (Phi) is 3.62. The van der Waals surface area contributed by atoms with Crippen molar-refractivity contribution in [3.05, 3.63) is 17.8 Å². The lowest BCUT2D eigenvalue weighted by Crippen LogP contribution is -2.57. The summed E-state index contributed by atoms with van der Waals surface area (Å²) < 4.78 is 0. The van der Waals surface area contributed by atoms with Gasteiger partial charge in [0, 0.05) is 37.6 Å². The molecule has 1 saturated heterocycles. The summed E-state index contributed by atoms with van der Waals surface area (Å²) in [6, 6.07) is 3.73. The van der Waals surface area contributed by atoms with E-state index in [1.165, 1.54) is 54.4 Å². The van der Waals surface area contributed by atoms with Crippen LogP contribution in [0, 0.1) is 0 Å². The molecule has 1 atom stereocenters. The van der Waals surface area contributed by atoms with Crippen LogP contribution in [0.4, 0.5) is 5.82 Å². The van der Waals surface area contributed by atoms with Gasteiger partial charge < -0.3 is 4.90 Å². The average molecular weight is 303 g/mol. The number of pyridine rings is 1. The van der Waals surface area contributed by atoms with Gasteiger partial charge >= 0.3 is 0 Å². The second kappa shape index (κ2) is 5.47. The van der Waals surface area contributed by atoms with Gasteiger partial charge in [0.2, 0.25) is 0 Å². The molecule has 3 nitrogen and oxygen atoms in total. The number of rotatable bonds is 2. The first-order chi connectivity index (χ1) is 10.2. The number of thioether (sulfide) groups is 1. The van der Waals surface area contributed by atoms with E-state index in [0.717, 1.165) is 12.5 Å². The zero-order chi connectivity index (χ0) is 14.4. The van der Waals surface area contributed by atoms with E-state index in [1.54, 1.807) is 0 Å². The Balaban J connectivity index is 1.56. The van der Waals surface area contributed by atoms with Crippen LogP contribution in [-0.2, 0) is 0 Å². The molecule has 114 valence electrons. The molecule has 0 N–H and O–H groups in total. The summed E-state index contributed by atoms with van der Waals surface area (Å²) in [4.78, 5) is 11.5. The number of hydrogen-bond donors (Lipinski definition) is 0. The molecule has 0 aromatic carbocycles. The minimum absolute atomic E-state index is 0.640. The first-order valence-corrected chi connectivity index (χ1v) is 9.34. The fourth-order valence-corrected chi connectivity index (χ4v) is 4.87. The highest BCUT2D eigenvalue weighted by Crippen LogP contribution is 2.42. The zero-order valence-corrected chi connectivity index (χ0v) is 13.9. The number of fused-ring (bicyclic) bond motifs is 3. The van der Waals surface area contributed by atoms with Gasteiger partial charge in [0.25, 0.3) is 0 Å². The number of nitrogens with zero attached hydrogens (tertiary/aromatic N) is 3. The van der Waals surface area contributed by atoms with Crippen LogP contribution in [0.5, 0.6) is 0 Å². The van der Waals surface area contributed by atoms with Crippen molar-refractivity contribution in [2.45, 2.75) is 56.0 Å². The van der Waals surface area contributed by atoms with Crippen molar-refractivity contribution >= 4 is 17.6 Å². The Hall–Kier alpha value is -0.740. The summed E-state index contributed by atoms with van der Waals surface area (Å²) in [7, 11) is 0. The first kappa shape index (κ1) is 13.9. The van der Waals surface area contributed by atoms with E-state index >= 15 is 0 Å². The van der Waals surface area contributed by atoms with Crippen molar-refractivity contribution in [3.8, 4) is 0 Å². The van der Waals surface area contributed by atoms with Crippen molar-refractivity contribution in [3.63, 3.8) is 0 Å². The molecule has 0 bridgehead atoms. The highest BCUT2D eigenvalue weighted by molar-refractivity contribution is 7.99. The fraction of sp³-hybridized carbons (Fsp3) is 0.706. The second-order valence-electron chi connectivity index (χ2n) is 6.97. The molecule has 3 heterocycles. The maximum Gasteiger partial charge on any atom is 0.142 e. The molecular formula is C17H25N3S. The molecule has 0 amide bonds. The quantitative estimate of drug-likeness (QED) is 0.834. The van der Waals surface area contributed by atoms with Crippen LogP contribution in [-0.4, -0.2) is 47.4 Å². The molecule has 0 radical (unpaired) electrons. The van der Waals surface area contributed by atoms with Crippen molar-refractivity contribution in [2.75, 3.05) is 30.3 Å². The monoisotopic (exact) mass is 303 g/mol. The van der Waals surface area contributed by atoms with Crippen molar-refractivity contribution < 1.29 is 0 Å². The standard InChI is InChI=1S/C17H25N3S/c1-12(2)19-6-7-20-15(10-19)11-21-16-8-14(9-18-17(16)20)13-4-3-5-13/h8-9,12-13,15H,3-7,10-11H2,1-2H3/t15-/m0/s1. The SMILES string of the molecule is CC(C)N1CCN2c3ncc(C4CCC4)cc3SC[C@@H]2C1. The van der Waals surface area contributed by atoms with E-state index in [1.807, 2.05) is 11.8 Å². The second-order valence-corrected chi connectivity index (χ2v) is 8.03. The van der Waals surface area contributed by atoms with Gasteiger partial charge in [-0.3, -0.25) is 4.90 Å². The maximum absolute atomic E-state index is 4.86. The minimum atomic E-state index is 0.640. The van der Waals surface area contributed by atoms with Gasteiger partial charge in [-0.1, -0.05) is 6.42 Å². The van der Waals surface area contributed by atoms with Gasteiger partial charge in [-0.15, -0.1) is 11.8 Å². The third-order valence-corrected chi connectivity index (χ3v) is 6.54. The molecule has 2 fully saturated rings. The summed E-state index contributed by atoms with van der Waals surface area (Å²) in [6.45, 7) is 8.11. The topological polar surface area (TPSA) is 19.4 Å². The molecule has 0 unspecified atom stereocenters. The summed E-state index contributed by atoms with van der Waals surface area (Å²) >= 11 is 2.02. The van der Waals surface area contributed by atoms with Crippen LogP contribution in [0.1, 0.15) is 44.6 Å². The number of piperazine rings is 1. The molecule has 4 heteroatoms. The Morgan fingerprint density at radius 1 is 1.29 bits per heavy atom. The van der Waals surface area contributed by atoms with Crippen LogP contribution in [0.25, 0.3) is 0 Å². The van der Waals surface area contributed by atoms with Gasteiger partial charge in [0.05, 0.1) is 10.9 Å². The molecule has 1 aromatic heterocycles. The predicted octanol–water partition coefficient (Wildman–Crippen LogP) is 3.35. The van der Waals surface area contributed by atoms with Crippen LogP contribution in [0.2, 0.25) is 0 Å². The highest BCUT2D eigenvalue weighted by Gasteiger charge is 2.34. The lowest BCUT2D eigenvalue weighted by Gasteiger charge is -2.46. The van der Waals surface area contributed by atoms with Crippen LogP contribution < -0.4 is 4.90 Å². The third-order valence-electron chi connectivity index (χ3n) is 5.38. The largest absolute Gasteiger partial charge is 0.349 e. The Morgan fingerprint density at radius 2 is 2.14 bits per heavy atom. The summed E-state index contributed by atoms with van der Waals surface area (Å²) in [5.74, 6) is 3.26. The Morgan fingerprint density at radius 3 is 2.86 bits per heavy atom. The van der Waals surface area contributed by atoms with Gasteiger partial charge in [-0.2, -0.15) is 0 Å². The number of hydrogen-bond acceptors (Lipinski definition) is 4. The fourth-order valence-electron chi connectivity index (χ4n) is 3.70. The Bertz CT molecular complexity index is 527. The van der Waals surface area contributed by atoms with E-state index in [2.05, 4.69) is 35.9 Å². The van der Waals surface area contributed by atoms with E-state index < -0.39 is 0 Å². The predicted molar refractivity (Wildman–Crippen MR) is 89.4 cm³/mol. The van der Waals surface area contributed by atoms with Gasteiger partial charge in [-0.25, -0.2) is 4.98 Å². The molecular weight excluding hydrogens is 278 g/mol. The summed E-state index contributed by atoms with van der Waals surface area (Å²) in [5, 5.41) is 0. The van der Waals surface area contributed by atoms with Crippen molar-refractivity contribution in [1.29, 1.82) is 0 Å².